The number of fused-ring (bicyclic) bond motifs is 1. The van der Waals surface area contributed by atoms with E-state index in [2.05, 4.69) is 9.97 Å². The van der Waals surface area contributed by atoms with Gasteiger partial charge in [0.25, 0.3) is 5.56 Å². The molecule has 0 aliphatic carbocycles. The van der Waals surface area contributed by atoms with Gasteiger partial charge in [0.15, 0.2) is 0 Å². The summed E-state index contributed by atoms with van der Waals surface area (Å²) in [7, 11) is 0. The Morgan fingerprint density at radius 1 is 1.36 bits per heavy atom. The number of rotatable bonds is 1. The fraction of sp³-hybridized carbons (Fsp3) is 0.438. The molecule has 116 valence electrons. The second-order valence-electron chi connectivity index (χ2n) is 6.59. The number of nitrogens with zero attached hydrogens (tertiary/aromatic N) is 2. The number of nitrogens with one attached hydrogen (secondary N) is 1. The van der Waals surface area contributed by atoms with E-state index < -0.39 is 5.60 Å². The third-order valence-electron chi connectivity index (χ3n) is 3.67. The first-order chi connectivity index (χ1) is 10.3. The van der Waals surface area contributed by atoms with Gasteiger partial charge in [-0.15, -0.1) is 0 Å². The largest absolute Gasteiger partial charge is 0.444 e. The smallest absolute Gasteiger partial charge is 0.410 e. The Kier molecular flexibility index (Phi) is 3.39. The average molecular weight is 301 g/mol. The molecule has 0 unspecified atom stereocenters. The van der Waals surface area contributed by atoms with E-state index in [4.69, 9.17) is 4.74 Å². The SMILES string of the molecule is CC(C)(C)OC(=O)N1CC(c2ccc3nc[nH]c(=O)c3c2)C1. The van der Waals surface area contributed by atoms with Gasteiger partial charge < -0.3 is 14.6 Å². The third-order valence-corrected chi connectivity index (χ3v) is 3.67. The molecule has 1 aromatic heterocycles. The maximum absolute atomic E-state index is 11.9. The molecular formula is C16H19N3O3. The number of ether oxygens (including phenoxy) is 1. The number of benzene rings is 1. The zero-order valence-corrected chi connectivity index (χ0v) is 12.9. The van der Waals surface area contributed by atoms with Crippen molar-refractivity contribution in [3.05, 3.63) is 40.4 Å². The van der Waals surface area contributed by atoms with Crippen LogP contribution in [-0.4, -0.2) is 39.7 Å². The molecule has 0 bridgehead atoms. The number of hydrogen-bond acceptors (Lipinski definition) is 4. The Labute approximate surface area is 128 Å². The van der Waals surface area contributed by atoms with Crippen LogP contribution >= 0.6 is 0 Å². The van der Waals surface area contributed by atoms with E-state index in [9.17, 15) is 9.59 Å². The maximum atomic E-state index is 11.9. The minimum atomic E-state index is -0.482. The summed E-state index contributed by atoms with van der Waals surface area (Å²) in [6.45, 7) is 6.78. The molecule has 6 heteroatoms. The van der Waals surface area contributed by atoms with Gasteiger partial charge in [0.1, 0.15) is 5.60 Å². The molecule has 0 saturated carbocycles. The standard InChI is InChI=1S/C16H19N3O3/c1-16(2,3)22-15(21)19-7-11(8-19)10-4-5-13-12(6-10)14(20)18-9-17-13/h4-6,9,11H,7-8H2,1-3H3,(H,17,18,20). The van der Waals surface area contributed by atoms with Crippen LogP contribution in [-0.2, 0) is 4.74 Å². The number of hydrogen-bond donors (Lipinski definition) is 1. The van der Waals surface area contributed by atoms with Gasteiger partial charge in [0.05, 0.1) is 17.2 Å². The molecule has 0 spiro atoms. The first kappa shape index (κ1) is 14.6. The van der Waals surface area contributed by atoms with Crippen LogP contribution in [0.2, 0.25) is 0 Å². The molecule has 0 atom stereocenters. The number of carbonyl (C=O) groups is 1. The molecular weight excluding hydrogens is 282 g/mol. The van der Waals surface area contributed by atoms with Crippen molar-refractivity contribution < 1.29 is 9.53 Å². The molecule has 1 amide bonds. The van der Waals surface area contributed by atoms with Gasteiger partial charge in [-0.1, -0.05) is 6.07 Å². The van der Waals surface area contributed by atoms with Crippen LogP contribution in [0.5, 0.6) is 0 Å². The Morgan fingerprint density at radius 2 is 2.09 bits per heavy atom. The molecule has 2 aromatic rings. The van der Waals surface area contributed by atoms with Crippen LogP contribution < -0.4 is 5.56 Å². The Balaban J connectivity index is 1.72. The summed E-state index contributed by atoms with van der Waals surface area (Å²) < 4.78 is 5.34. The first-order valence-electron chi connectivity index (χ1n) is 7.29. The van der Waals surface area contributed by atoms with Crippen LogP contribution in [0.25, 0.3) is 10.9 Å². The lowest BCUT2D eigenvalue weighted by molar-refractivity contribution is 0.00821. The molecule has 1 aliphatic rings. The van der Waals surface area contributed by atoms with Crippen molar-refractivity contribution >= 4 is 17.0 Å². The van der Waals surface area contributed by atoms with Gasteiger partial charge in [0, 0.05) is 19.0 Å². The lowest BCUT2D eigenvalue weighted by Gasteiger charge is -2.40. The maximum Gasteiger partial charge on any atom is 0.410 e. The van der Waals surface area contributed by atoms with Gasteiger partial charge in [-0.25, -0.2) is 9.78 Å². The summed E-state index contributed by atoms with van der Waals surface area (Å²) in [6.07, 6.45) is 1.11. The van der Waals surface area contributed by atoms with Crippen molar-refractivity contribution in [1.29, 1.82) is 0 Å². The summed E-state index contributed by atoms with van der Waals surface area (Å²) in [5, 5.41) is 0.579. The summed E-state index contributed by atoms with van der Waals surface area (Å²) in [6, 6.07) is 5.67. The topological polar surface area (TPSA) is 75.3 Å². The van der Waals surface area contributed by atoms with E-state index in [-0.39, 0.29) is 17.6 Å². The monoisotopic (exact) mass is 301 g/mol. The molecule has 1 saturated heterocycles. The van der Waals surface area contributed by atoms with Crippen molar-refractivity contribution in [2.45, 2.75) is 32.3 Å². The Hall–Kier alpha value is -2.37. The molecule has 1 aromatic carbocycles. The Morgan fingerprint density at radius 3 is 2.77 bits per heavy atom. The number of carbonyl (C=O) groups excluding carboxylic acids is 1. The third kappa shape index (κ3) is 2.81. The highest BCUT2D eigenvalue weighted by atomic mass is 16.6. The van der Waals surface area contributed by atoms with E-state index in [0.717, 1.165) is 5.56 Å². The molecule has 1 aliphatic heterocycles. The highest BCUT2D eigenvalue weighted by Gasteiger charge is 2.34. The van der Waals surface area contributed by atoms with E-state index in [1.54, 1.807) is 4.90 Å². The van der Waals surface area contributed by atoms with Crippen LogP contribution in [0.15, 0.2) is 29.3 Å². The number of amides is 1. The Bertz CT molecular complexity index is 770. The zero-order chi connectivity index (χ0) is 15.9. The van der Waals surface area contributed by atoms with Gasteiger partial charge in [-0.2, -0.15) is 0 Å². The summed E-state index contributed by atoms with van der Waals surface area (Å²) in [4.78, 5) is 32.1. The van der Waals surface area contributed by atoms with Crippen LogP contribution in [0.3, 0.4) is 0 Å². The molecule has 6 nitrogen and oxygen atoms in total. The van der Waals surface area contributed by atoms with Gasteiger partial charge in [-0.3, -0.25) is 4.79 Å². The second kappa shape index (κ2) is 5.12. The lowest BCUT2D eigenvalue weighted by atomic mass is 9.91. The van der Waals surface area contributed by atoms with Crippen molar-refractivity contribution in [2.75, 3.05) is 13.1 Å². The van der Waals surface area contributed by atoms with E-state index in [1.165, 1.54) is 6.33 Å². The number of aromatic nitrogens is 2. The van der Waals surface area contributed by atoms with Crippen LogP contribution in [0, 0.1) is 0 Å². The minimum absolute atomic E-state index is 0.143. The summed E-state index contributed by atoms with van der Waals surface area (Å²) >= 11 is 0. The minimum Gasteiger partial charge on any atom is -0.444 e. The quantitative estimate of drug-likeness (QED) is 0.876. The van der Waals surface area contributed by atoms with Crippen LogP contribution in [0.4, 0.5) is 4.79 Å². The molecule has 2 heterocycles. The molecule has 1 fully saturated rings. The molecule has 1 N–H and O–H groups in total. The zero-order valence-electron chi connectivity index (χ0n) is 12.9. The normalized spacial score (nSPS) is 15.7. The molecule has 22 heavy (non-hydrogen) atoms. The highest BCUT2D eigenvalue weighted by Crippen LogP contribution is 2.29. The molecule has 0 radical (unpaired) electrons. The summed E-state index contributed by atoms with van der Waals surface area (Å²) in [5.74, 6) is 0.233. The average Bonchev–Trinajstić information content (AvgIpc) is 2.35. The predicted octanol–water partition coefficient (Wildman–Crippen LogP) is 2.26. The van der Waals surface area contributed by atoms with Crippen molar-refractivity contribution in [3.8, 4) is 0 Å². The first-order valence-corrected chi connectivity index (χ1v) is 7.29. The van der Waals surface area contributed by atoms with Crippen molar-refractivity contribution in [2.24, 2.45) is 0 Å². The van der Waals surface area contributed by atoms with E-state index in [1.807, 2.05) is 39.0 Å². The molecule has 3 rings (SSSR count). The lowest BCUT2D eigenvalue weighted by Crippen LogP contribution is -2.50. The van der Waals surface area contributed by atoms with E-state index >= 15 is 0 Å². The number of likely N-dealkylation sites (tertiary alicyclic amines) is 1. The number of H-pyrrole nitrogens is 1. The van der Waals surface area contributed by atoms with Crippen LogP contribution in [0.1, 0.15) is 32.3 Å². The van der Waals surface area contributed by atoms with Crippen molar-refractivity contribution in [1.82, 2.24) is 14.9 Å². The second-order valence-corrected chi connectivity index (χ2v) is 6.59. The summed E-state index contributed by atoms with van der Waals surface area (Å²) in [5.41, 5.74) is 1.10. The fourth-order valence-corrected chi connectivity index (χ4v) is 2.51. The van der Waals surface area contributed by atoms with Crippen molar-refractivity contribution in [3.63, 3.8) is 0 Å². The highest BCUT2D eigenvalue weighted by molar-refractivity contribution is 5.78. The van der Waals surface area contributed by atoms with Gasteiger partial charge in [0.2, 0.25) is 0 Å². The predicted molar refractivity (Wildman–Crippen MR) is 82.9 cm³/mol. The fourth-order valence-electron chi connectivity index (χ4n) is 2.51. The van der Waals surface area contributed by atoms with E-state index in [0.29, 0.717) is 24.0 Å². The number of aromatic amines is 1. The van der Waals surface area contributed by atoms with Gasteiger partial charge in [-0.05, 0) is 38.5 Å². The van der Waals surface area contributed by atoms with Gasteiger partial charge >= 0.3 is 6.09 Å².